The second-order valence-corrected chi connectivity index (χ2v) is 3.20. The summed E-state index contributed by atoms with van der Waals surface area (Å²) in [7, 11) is 1.52. The van der Waals surface area contributed by atoms with Gasteiger partial charge in [0.2, 0.25) is 0 Å². The van der Waals surface area contributed by atoms with Gasteiger partial charge in [0, 0.05) is 7.11 Å². The third-order valence-corrected chi connectivity index (χ3v) is 2.31. The fraction of sp³-hybridized carbons (Fsp3) is 0.700. The average molecular weight is 200 g/mol. The Morgan fingerprint density at radius 2 is 2.36 bits per heavy atom. The van der Waals surface area contributed by atoms with Crippen molar-refractivity contribution in [3.63, 3.8) is 0 Å². The molecule has 1 N–H and O–H groups in total. The van der Waals surface area contributed by atoms with E-state index in [9.17, 15) is 9.90 Å². The first-order chi connectivity index (χ1) is 6.70. The molecule has 1 atom stereocenters. The van der Waals surface area contributed by atoms with Crippen LogP contribution in [-0.4, -0.2) is 30.9 Å². The number of ether oxygens (including phenoxy) is 2. The minimum Gasteiger partial charge on any atom is -0.509 e. The van der Waals surface area contributed by atoms with Crippen LogP contribution in [0.1, 0.15) is 26.2 Å². The highest BCUT2D eigenvalue weighted by Gasteiger charge is 2.27. The fourth-order valence-corrected chi connectivity index (χ4v) is 1.58. The van der Waals surface area contributed by atoms with E-state index in [4.69, 9.17) is 9.47 Å². The van der Waals surface area contributed by atoms with Gasteiger partial charge < -0.3 is 14.6 Å². The summed E-state index contributed by atoms with van der Waals surface area (Å²) in [6, 6.07) is 0. The van der Waals surface area contributed by atoms with Crippen molar-refractivity contribution in [2.24, 2.45) is 0 Å². The number of hydrogen-bond donors (Lipinski definition) is 1. The second kappa shape index (κ2) is 5.00. The first kappa shape index (κ1) is 11.0. The van der Waals surface area contributed by atoms with Gasteiger partial charge in [0.1, 0.15) is 11.9 Å². The fourth-order valence-electron chi connectivity index (χ4n) is 1.58. The maximum Gasteiger partial charge on any atom is 0.337 e. The molecule has 4 nitrogen and oxygen atoms in total. The van der Waals surface area contributed by atoms with Gasteiger partial charge >= 0.3 is 5.97 Å². The molecule has 0 saturated carbocycles. The van der Waals surface area contributed by atoms with Crippen LogP contribution in [0.5, 0.6) is 0 Å². The van der Waals surface area contributed by atoms with Crippen LogP contribution < -0.4 is 0 Å². The van der Waals surface area contributed by atoms with Crippen LogP contribution in [0.15, 0.2) is 11.3 Å². The van der Waals surface area contributed by atoms with E-state index in [2.05, 4.69) is 0 Å². The van der Waals surface area contributed by atoms with Crippen molar-refractivity contribution in [2.45, 2.75) is 32.3 Å². The lowest BCUT2D eigenvalue weighted by atomic mass is 9.95. The van der Waals surface area contributed by atoms with Gasteiger partial charge in [-0.3, -0.25) is 0 Å². The van der Waals surface area contributed by atoms with Crippen molar-refractivity contribution < 1.29 is 19.4 Å². The summed E-state index contributed by atoms with van der Waals surface area (Å²) in [5.41, 5.74) is 0.366. The van der Waals surface area contributed by atoms with Crippen LogP contribution in [-0.2, 0) is 14.3 Å². The Kier molecular flexibility index (Phi) is 3.95. The number of aliphatic hydroxyl groups is 1. The average Bonchev–Trinajstić information content (AvgIpc) is 2.18. The molecule has 0 aromatic heterocycles. The summed E-state index contributed by atoms with van der Waals surface area (Å²) in [6.45, 7) is 2.07. The van der Waals surface area contributed by atoms with E-state index >= 15 is 0 Å². The predicted octanol–water partition coefficient (Wildman–Crippen LogP) is 1.56. The zero-order valence-corrected chi connectivity index (χ0v) is 8.58. The molecule has 0 heterocycles. The summed E-state index contributed by atoms with van der Waals surface area (Å²) in [4.78, 5) is 11.4. The van der Waals surface area contributed by atoms with E-state index in [1.807, 2.05) is 0 Å². The van der Waals surface area contributed by atoms with E-state index in [0.717, 1.165) is 12.8 Å². The van der Waals surface area contributed by atoms with Crippen molar-refractivity contribution in [1.82, 2.24) is 0 Å². The van der Waals surface area contributed by atoms with Gasteiger partial charge in [-0.25, -0.2) is 4.79 Å². The van der Waals surface area contributed by atoms with E-state index in [1.165, 1.54) is 7.11 Å². The number of carbonyl (C=O) groups excluding carboxylic acids is 1. The Bertz CT molecular complexity index is 245. The van der Waals surface area contributed by atoms with Gasteiger partial charge in [-0.1, -0.05) is 0 Å². The minimum atomic E-state index is -0.424. The molecule has 1 aliphatic carbocycles. The normalized spacial score (nSPS) is 22.3. The molecule has 0 aromatic carbocycles. The number of carbonyl (C=O) groups is 1. The highest BCUT2D eigenvalue weighted by molar-refractivity contribution is 5.89. The summed E-state index contributed by atoms with van der Waals surface area (Å²) in [6.07, 6.45) is 1.83. The molecule has 0 fully saturated rings. The van der Waals surface area contributed by atoms with Crippen molar-refractivity contribution in [2.75, 3.05) is 13.7 Å². The summed E-state index contributed by atoms with van der Waals surface area (Å²) in [5.74, 6) is -0.385. The summed E-state index contributed by atoms with van der Waals surface area (Å²) >= 11 is 0. The highest BCUT2D eigenvalue weighted by Crippen LogP contribution is 2.25. The monoisotopic (exact) mass is 200 g/mol. The molecule has 1 rings (SSSR count). The molecular weight excluding hydrogens is 184 g/mol. The largest absolute Gasteiger partial charge is 0.509 e. The topological polar surface area (TPSA) is 55.8 Å². The Hall–Kier alpha value is -1.03. The molecule has 4 heteroatoms. The molecule has 14 heavy (non-hydrogen) atoms. The van der Waals surface area contributed by atoms with Gasteiger partial charge in [0.25, 0.3) is 0 Å². The Morgan fingerprint density at radius 3 is 2.93 bits per heavy atom. The molecule has 1 aliphatic rings. The van der Waals surface area contributed by atoms with Crippen LogP contribution in [0, 0.1) is 0 Å². The summed E-state index contributed by atoms with van der Waals surface area (Å²) < 4.78 is 9.88. The maximum absolute atomic E-state index is 11.4. The predicted molar refractivity (Wildman–Crippen MR) is 50.9 cm³/mol. The number of rotatable bonds is 3. The van der Waals surface area contributed by atoms with Crippen molar-refractivity contribution in [3.05, 3.63) is 11.3 Å². The van der Waals surface area contributed by atoms with Crippen LogP contribution in [0.3, 0.4) is 0 Å². The molecule has 0 amide bonds. The number of hydrogen-bond acceptors (Lipinski definition) is 4. The van der Waals surface area contributed by atoms with E-state index < -0.39 is 5.97 Å². The molecule has 0 saturated heterocycles. The van der Waals surface area contributed by atoms with Crippen molar-refractivity contribution in [3.8, 4) is 0 Å². The molecule has 0 spiro atoms. The van der Waals surface area contributed by atoms with E-state index in [-0.39, 0.29) is 11.9 Å². The lowest BCUT2D eigenvalue weighted by Crippen LogP contribution is -2.23. The number of aliphatic hydroxyl groups excluding tert-OH is 1. The molecule has 1 unspecified atom stereocenters. The summed E-state index contributed by atoms with van der Waals surface area (Å²) in [5, 5.41) is 9.68. The molecule has 0 radical (unpaired) electrons. The van der Waals surface area contributed by atoms with Gasteiger partial charge in [0.15, 0.2) is 0 Å². The third-order valence-electron chi connectivity index (χ3n) is 2.31. The molecular formula is C10H16O4. The van der Waals surface area contributed by atoms with Crippen LogP contribution >= 0.6 is 0 Å². The third kappa shape index (κ3) is 2.26. The smallest absolute Gasteiger partial charge is 0.337 e. The first-order valence-corrected chi connectivity index (χ1v) is 4.82. The standard InChI is InChI=1S/C10H16O4/c1-3-14-10(12)7-5-4-6-8(13-2)9(7)11/h8,11H,3-6H2,1-2H3. The number of methoxy groups -OCH3 is 1. The Labute approximate surface area is 83.5 Å². The minimum absolute atomic E-state index is 0.0391. The molecule has 80 valence electrons. The quantitative estimate of drug-likeness (QED) is 0.702. The Morgan fingerprint density at radius 1 is 1.64 bits per heavy atom. The molecule has 0 aromatic rings. The van der Waals surface area contributed by atoms with Crippen molar-refractivity contribution >= 4 is 5.97 Å². The van der Waals surface area contributed by atoms with Gasteiger partial charge in [-0.2, -0.15) is 0 Å². The van der Waals surface area contributed by atoms with Gasteiger partial charge in [-0.05, 0) is 26.2 Å². The second-order valence-electron chi connectivity index (χ2n) is 3.20. The Balaban J connectivity index is 2.78. The lowest BCUT2D eigenvalue weighted by Gasteiger charge is -2.22. The maximum atomic E-state index is 11.4. The van der Waals surface area contributed by atoms with Gasteiger partial charge in [-0.15, -0.1) is 0 Å². The lowest BCUT2D eigenvalue weighted by molar-refractivity contribution is -0.139. The van der Waals surface area contributed by atoms with Crippen molar-refractivity contribution in [1.29, 1.82) is 0 Å². The number of esters is 1. The van der Waals surface area contributed by atoms with Gasteiger partial charge in [0.05, 0.1) is 12.2 Å². The zero-order chi connectivity index (χ0) is 10.6. The molecule has 0 bridgehead atoms. The zero-order valence-electron chi connectivity index (χ0n) is 8.58. The van der Waals surface area contributed by atoms with Crippen LogP contribution in [0.4, 0.5) is 0 Å². The SMILES string of the molecule is CCOC(=O)C1=C(O)C(OC)CCC1. The molecule has 0 aliphatic heterocycles. The van der Waals surface area contributed by atoms with E-state index in [1.54, 1.807) is 6.92 Å². The van der Waals surface area contributed by atoms with Crippen LogP contribution in [0.25, 0.3) is 0 Å². The first-order valence-electron chi connectivity index (χ1n) is 4.82. The van der Waals surface area contributed by atoms with E-state index in [0.29, 0.717) is 18.6 Å². The highest BCUT2D eigenvalue weighted by atomic mass is 16.5. The van der Waals surface area contributed by atoms with Crippen LogP contribution in [0.2, 0.25) is 0 Å².